The second kappa shape index (κ2) is 11.3. The van der Waals surface area contributed by atoms with Crippen molar-refractivity contribution in [1.29, 1.82) is 0 Å². The standard InChI is InChI=1S/C43H30N4/c1-4-13-29(14-5-1)33-25-34(30-15-6-2-7-16-30)27-35(26-33)32-23-24-40-36(28-32)42-43(46-39-20-11-10-19-38(39)45-42)47(40)41-22-12-21-37(44-41)31-17-8-3-9-18-31/h1-15,17-28,30H,16H2. The van der Waals surface area contributed by atoms with Crippen molar-refractivity contribution in [2.24, 2.45) is 0 Å². The van der Waals surface area contributed by atoms with Crippen LogP contribution < -0.4 is 0 Å². The van der Waals surface area contributed by atoms with E-state index in [0.717, 1.165) is 62.2 Å². The molecule has 1 aliphatic carbocycles. The molecule has 0 N–H and O–H groups in total. The number of hydrogen-bond donors (Lipinski definition) is 0. The maximum atomic E-state index is 5.20. The number of aromatic nitrogens is 4. The number of fused-ring (bicyclic) bond motifs is 4. The van der Waals surface area contributed by atoms with Gasteiger partial charge in [0.1, 0.15) is 11.3 Å². The molecule has 0 amide bonds. The number of rotatable bonds is 5. The summed E-state index contributed by atoms with van der Waals surface area (Å²) in [4.78, 5) is 15.5. The minimum Gasteiger partial charge on any atom is -0.276 e. The lowest BCUT2D eigenvalue weighted by molar-refractivity contribution is 0.854. The molecule has 4 nitrogen and oxygen atoms in total. The van der Waals surface area contributed by atoms with E-state index >= 15 is 0 Å². The summed E-state index contributed by atoms with van der Waals surface area (Å²) in [7, 11) is 0. The van der Waals surface area contributed by atoms with Crippen LogP contribution in [-0.4, -0.2) is 19.5 Å². The second-order valence-electron chi connectivity index (χ2n) is 12.1. The van der Waals surface area contributed by atoms with E-state index in [0.29, 0.717) is 5.92 Å². The van der Waals surface area contributed by atoms with Gasteiger partial charge in [0.2, 0.25) is 0 Å². The average Bonchev–Trinajstić information content (AvgIpc) is 3.47. The van der Waals surface area contributed by atoms with E-state index < -0.39 is 0 Å². The summed E-state index contributed by atoms with van der Waals surface area (Å²) in [5.74, 6) is 1.16. The van der Waals surface area contributed by atoms with Crippen LogP contribution >= 0.6 is 0 Å². The summed E-state index contributed by atoms with van der Waals surface area (Å²) in [6, 6.07) is 48.9. The minimum atomic E-state index is 0.341. The van der Waals surface area contributed by atoms with Crippen LogP contribution in [0, 0.1) is 0 Å². The topological polar surface area (TPSA) is 43.6 Å². The molecule has 8 aromatic rings. The molecule has 0 radical (unpaired) electrons. The monoisotopic (exact) mass is 602 g/mol. The Hall–Kier alpha value is -6.13. The van der Waals surface area contributed by atoms with Crippen molar-refractivity contribution >= 4 is 33.1 Å². The van der Waals surface area contributed by atoms with E-state index in [4.69, 9.17) is 15.0 Å². The second-order valence-corrected chi connectivity index (χ2v) is 12.1. The first-order valence-electron chi connectivity index (χ1n) is 16.1. The predicted molar refractivity (Wildman–Crippen MR) is 194 cm³/mol. The van der Waals surface area contributed by atoms with Crippen LogP contribution in [0.2, 0.25) is 0 Å². The highest BCUT2D eigenvalue weighted by molar-refractivity contribution is 6.09. The lowest BCUT2D eigenvalue weighted by Gasteiger charge is -2.17. The van der Waals surface area contributed by atoms with E-state index in [1.165, 1.54) is 22.3 Å². The van der Waals surface area contributed by atoms with E-state index in [1.54, 1.807) is 0 Å². The molecule has 9 rings (SSSR count). The van der Waals surface area contributed by atoms with Crippen LogP contribution in [0.3, 0.4) is 0 Å². The molecule has 0 aliphatic heterocycles. The molecule has 47 heavy (non-hydrogen) atoms. The third-order valence-corrected chi connectivity index (χ3v) is 9.09. The Balaban J connectivity index is 1.27. The number of benzene rings is 5. The van der Waals surface area contributed by atoms with E-state index in [2.05, 4.69) is 126 Å². The molecule has 4 heteroatoms. The maximum absolute atomic E-state index is 5.20. The van der Waals surface area contributed by atoms with Crippen molar-refractivity contribution in [2.75, 3.05) is 0 Å². The molecule has 1 aliphatic rings. The Labute approximate surface area is 273 Å². The van der Waals surface area contributed by atoms with E-state index in [1.807, 2.05) is 42.5 Å². The zero-order valence-electron chi connectivity index (χ0n) is 25.7. The van der Waals surface area contributed by atoms with Crippen LogP contribution in [0.4, 0.5) is 0 Å². The Morgan fingerprint density at radius 2 is 1.26 bits per heavy atom. The van der Waals surface area contributed by atoms with Gasteiger partial charge in [-0.1, -0.05) is 121 Å². The van der Waals surface area contributed by atoms with Crippen LogP contribution in [0.25, 0.3) is 72.4 Å². The third kappa shape index (κ3) is 4.91. The van der Waals surface area contributed by atoms with Gasteiger partial charge >= 0.3 is 0 Å². The van der Waals surface area contributed by atoms with Crippen LogP contribution in [0.5, 0.6) is 0 Å². The molecule has 0 saturated heterocycles. The maximum Gasteiger partial charge on any atom is 0.166 e. The van der Waals surface area contributed by atoms with Gasteiger partial charge in [-0.3, -0.25) is 4.57 Å². The first-order chi connectivity index (χ1) is 23.3. The molecule has 1 atom stereocenters. The lowest BCUT2D eigenvalue weighted by Crippen LogP contribution is -2.00. The van der Waals surface area contributed by atoms with Crippen molar-refractivity contribution in [3.63, 3.8) is 0 Å². The zero-order chi connectivity index (χ0) is 31.2. The zero-order valence-corrected chi connectivity index (χ0v) is 25.7. The fourth-order valence-corrected chi connectivity index (χ4v) is 6.75. The molecule has 0 spiro atoms. The van der Waals surface area contributed by atoms with Crippen molar-refractivity contribution in [2.45, 2.75) is 12.3 Å². The molecule has 222 valence electrons. The highest BCUT2D eigenvalue weighted by Gasteiger charge is 2.19. The quantitative estimate of drug-likeness (QED) is 0.197. The summed E-state index contributed by atoms with van der Waals surface area (Å²) in [6.07, 6.45) is 9.86. The normalized spacial score (nSPS) is 14.3. The molecule has 0 bridgehead atoms. The van der Waals surface area contributed by atoms with Crippen LogP contribution in [-0.2, 0) is 0 Å². The number of hydrogen-bond acceptors (Lipinski definition) is 3. The van der Waals surface area contributed by atoms with Gasteiger partial charge in [0.05, 0.1) is 22.2 Å². The Morgan fingerprint density at radius 3 is 2.02 bits per heavy atom. The minimum absolute atomic E-state index is 0.341. The molecule has 0 saturated carbocycles. The summed E-state index contributed by atoms with van der Waals surface area (Å²) in [5, 5.41) is 1.05. The van der Waals surface area contributed by atoms with Gasteiger partial charge in [-0.25, -0.2) is 15.0 Å². The summed E-state index contributed by atoms with van der Waals surface area (Å²) >= 11 is 0. The van der Waals surface area contributed by atoms with Gasteiger partial charge in [0.25, 0.3) is 0 Å². The van der Waals surface area contributed by atoms with E-state index in [9.17, 15) is 0 Å². The third-order valence-electron chi connectivity index (χ3n) is 9.09. The molecule has 0 fully saturated rings. The predicted octanol–water partition coefficient (Wildman–Crippen LogP) is 10.7. The van der Waals surface area contributed by atoms with Crippen molar-refractivity contribution in [3.05, 3.63) is 169 Å². The molecule has 5 aromatic carbocycles. The first kappa shape index (κ1) is 27.2. The molecule has 1 unspecified atom stereocenters. The van der Waals surface area contributed by atoms with Gasteiger partial charge in [-0.05, 0) is 76.7 Å². The Bertz CT molecular complexity index is 2490. The van der Waals surface area contributed by atoms with Crippen LogP contribution in [0.15, 0.2) is 164 Å². The molecule has 3 heterocycles. The number of pyridine rings is 1. The van der Waals surface area contributed by atoms with Crippen molar-refractivity contribution in [1.82, 2.24) is 19.5 Å². The Morgan fingerprint density at radius 1 is 0.532 bits per heavy atom. The van der Waals surface area contributed by atoms with Gasteiger partial charge < -0.3 is 0 Å². The summed E-state index contributed by atoms with van der Waals surface area (Å²) in [5.41, 5.74) is 12.5. The smallest absolute Gasteiger partial charge is 0.166 e. The van der Waals surface area contributed by atoms with Crippen LogP contribution in [0.1, 0.15) is 17.9 Å². The van der Waals surface area contributed by atoms with Gasteiger partial charge in [0.15, 0.2) is 5.65 Å². The number of nitrogens with zero attached hydrogens (tertiary/aromatic N) is 4. The van der Waals surface area contributed by atoms with Crippen molar-refractivity contribution in [3.8, 4) is 39.3 Å². The molecular weight excluding hydrogens is 573 g/mol. The summed E-state index contributed by atoms with van der Waals surface area (Å²) < 4.78 is 2.16. The molecule has 3 aromatic heterocycles. The fourth-order valence-electron chi connectivity index (χ4n) is 6.75. The highest BCUT2D eigenvalue weighted by Crippen LogP contribution is 2.38. The largest absolute Gasteiger partial charge is 0.276 e. The average molecular weight is 603 g/mol. The lowest BCUT2D eigenvalue weighted by atomic mass is 9.87. The Kier molecular flexibility index (Phi) is 6.57. The summed E-state index contributed by atoms with van der Waals surface area (Å²) in [6.45, 7) is 0. The highest BCUT2D eigenvalue weighted by atomic mass is 15.1. The van der Waals surface area contributed by atoms with Gasteiger partial charge in [-0.15, -0.1) is 0 Å². The fraction of sp³-hybridized carbons (Fsp3) is 0.0465. The number of para-hydroxylation sites is 2. The van der Waals surface area contributed by atoms with Gasteiger partial charge in [-0.2, -0.15) is 0 Å². The SMILES string of the molecule is C1=CCC(c2cc(-c3ccccc3)cc(-c3ccc4c(c3)c3nc5ccccc5nc3n4-c3cccc(-c4ccccc4)n3)c2)C=C1. The van der Waals surface area contributed by atoms with Gasteiger partial charge in [0, 0.05) is 16.9 Å². The molecular formula is C43H30N4. The van der Waals surface area contributed by atoms with Crippen molar-refractivity contribution < 1.29 is 0 Å². The van der Waals surface area contributed by atoms with E-state index in [-0.39, 0.29) is 0 Å². The first-order valence-corrected chi connectivity index (χ1v) is 16.1. The number of allylic oxidation sites excluding steroid dienone is 4.